The van der Waals surface area contributed by atoms with Gasteiger partial charge in [-0.3, -0.25) is 9.69 Å². The molecule has 0 bridgehead atoms. The van der Waals surface area contributed by atoms with Crippen LogP contribution in [0.15, 0.2) is 46.9 Å². The maximum atomic E-state index is 13.4. The fourth-order valence-electron chi connectivity index (χ4n) is 3.36. The minimum Gasteiger partial charge on any atom is -0.497 e. The van der Waals surface area contributed by atoms with Crippen LogP contribution in [0.1, 0.15) is 28.8 Å². The highest BCUT2D eigenvalue weighted by Gasteiger charge is 2.20. The smallest absolute Gasteiger partial charge is 0.251 e. The summed E-state index contributed by atoms with van der Waals surface area (Å²) in [4.78, 5) is 14.7. The van der Waals surface area contributed by atoms with Gasteiger partial charge in [-0.1, -0.05) is 28.1 Å². The number of ether oxygens (including phenoxy) is 1. The van der Waals surface area contributed by atoms with Crippen LogP contribution < -0.4 is 10.1 Å². The van der Waals surface area contributed by atoms with Crippen LogP contribution in [-0.2, 0) is 6.54 Å². The molecule has 0 saturated carbocycles. The van der Waals surface area contributed by atoms with Crippen molar-refractivity contribution in [2.45, 2.75) is 19.4 Å². The molecule has 0 radical (unpaired) electrons. The van der Waals surface area contributed by atoms with Crippen molar-refractivity contribution in [2.24, 2.45) is 5.92 Å². The van der Waals surface area contributed by atoms with Crippen molar-refractivity contribution in [3.63, 3.8) is 0 Å². The van der Waals surface area contributed by atoms with Crippen LogP contribution in [-0.4, -0.2) is 37.6 Å². The van der Waals surface area contributed by atoms with Crippen LogP contribution in [0.5, 0.6) is 5.75 Å². The second-order valence-corrected chi connectivity index (χ2v) is 7.85. The van der Waals surface area contributed by atoms with E-state index in [1.54, 1.807) is 13.2 Å². The molecule has 0 aromatic heterocycles. The molecule has 1 aliphatic rings. The molecule has 144 valence electrons. The molecule has 1 heterocycles. The van der Waals surface area contributed by atoms with E-state index >= 15 is 0 Å². The van der Waals surface area contributed by atoms with Gasteiger partial charge in [-0.2, -0.15) is 0 Å². The number of methoxy groups -OCH3 is 1. The lowest BCUT2D eigenvalue weighted by molar-refractivity contribution is 0.0934. The monoisotopic (exact) mass is 434 g/mol. The molecule has 27 heavy (non-hydrogen) atoms. The molecule has 1 N–H and O–H groups in total. The van der Waals surface area contributed by atoms with Gasteiger partial charge in [0.05, 0.1) is 7.11 Å². The van der Waals surface area contributed by atoms with Gasteiger partial charge in [-0.05, 0) is 67.7 Å². The van der Waals surface area contributed by atoms with Crippen LogP contribution >= 0.6 is 15.9 Å². The average molecular weight is 435 g/mol. The number of hydrogen-bond acceptors (Lipinski definition) is 3. The number of nitrogens with zero attached hydrogens (tertiary/aromatic N) is 1. The minimum atomic E-state index is -0.415. The van der Waals surface area contributed by atoms with Gasteiger partial charge in [0.2, 0.25) is 0 Å². The molecule has 0 aliphatic carbocycles. The Bertz CT molecular complexity index is 754. The number of hydrogen-bond donors (Lipinski definition) is 1. The largest absolute Gasteiger partial charge is 0.497 e. The topological polar surface area (TPSA) is 41.6 Å². The number of nitrogens with one attached hydrogen (secondary N) is 1. The highest BCUT2D eigenvalue weighted by Crippen LogP contribution is 2.20. The fraction of sp³-hybridized carbons (Fsp3) is 0.381. The first-order chi connectivity index (χ1) is 13.0. The van der Waals surface area contributed by atoms with Crippen molar-refractivity contribution in [1.29, 1.82) is 0 Å². The molecule has 2 aromatic rings. The summed E-state index contributed by atoms with van der Waals surface area (Å²) in [5.41, 5.74) is 1.62. The maximum absolute atomic E-state index is 13.4. The number of carbonyl (C=O) groups excluding carboxylic acids is 1. The van der Waals surface area contributed by atoms with Crippen LogP contribution in [0, 0.1) is 11.7 Å². The molecule has 2 aromatic carbocycles. The van der Waals surface area contributed by atoms with Crippen LogP contribution in [0.25, 0.3) is 0 Å². The van der Waals surface area contributed by atoms with E-state index < -0.39 is 5.82 Å². The number of carbonyl (C=O) groups is 1. The molecule has 1 amide bonds. The quantitative estimate of drug-likeness (QED) is 0.738. The van der Waals surface area contributed by atoms with Crippen molar-refractivity contribution in [2.75, 3.05) is 26.7 Å². The Kier molecular flexibility index (Phi) is 6.85. The summed E-state index contributed by atoms with van der Waals surface area (Å²) >= 11 is 3.22. The molecular formula is C21H24BrFN2O2. The predicted molar refractivity (Wildman–Crippen MR) is 107 cm³/mol. The number of likely N-dealkylation sites (tertiary alicyclic amines) is 1. The summed E-state index contributed by atoms with van der Waals surface area (Å²) in [6.07, 6.45) is 2.09. The van der Waals surface area contributed by atoms with Gasteiger partial charge in [0.15, 0.2) is 0 Å². The number of piperidine rings is 1. The van der Waals surface area contributed by atoms with Gasteiger partial charge in [-0.25, -0.2) is 4.39 Å². The third-order valence-electron chi connectivity index (χ3n) is 4.95. The summed E-state index contributed by atoms with van der Waals surface area (Å²) in [6.45, 7) is 3.58. The first kappa shape index (κ1) is 19.8. The minimum absolute atomic E-state index is 0.226. The summed E-state index contributed by atoms with van der Waals surface area (Å²) in [5, 5.41) is 2.94. The van der Waals surface area contributed by atoms with Crippen molar-refractivity contribution >= 4 is 21.8 Å². The van der Waals surface area contributed by atoms with Crippen molar-refractivity contribution in [3.05, 3.63) is 63.9 Å². The highest BCUT2D eigenvalue weighted by molar-refractivity contribution is 9.10. The van der Waals surface area contributed by atoms with E-state index in [0.29, 0.717) is 22.5 Å². The molecular weight excluding hydrogens is 411 g/mol. The van der Waals surface area contributed by atoms with Crippen LogP contribution in [0.4, 0.5) is 4.39 Å². The van der Waals surface area contributed by atoms with Gasteiger partial charge < -0.3 is 10.1 Å². The zero-order valence-corrected chi connectivity index (χ0v) is 17.0. The Labute approximate surface area is 167 Å². The lowest BCUT2D eigenvalue weighted by atomic mass is 9.96. The van der Waals surface area contributed by atoms with Gasteiger partial charge in [-0.15, -0.1) is 0 Å². The summed E-state index contributed by atoms with van der Waals surface area (Å²) in [5.74, 6) is 0.689. The molecule has 3 rings (SSSR count). The number of rotatable bonds is 6. The second kappa shape index (κ2) is 9.33. The molecule has 1 aliphatic heterocycles. The number of amides is 1. The molecule has 0 unspecified atom stereocenters. The average Bonchev–Trinajstić information content (AvgIpc) is 2.67. The van der Waals surface area contributed by atoms with E-state index in [4.69, 9.17) is 4.74 Å². The van der Waals surface area contributed by atoms with Crippen molar-refractivity contribution in [1.82, 2.24) is 10.2 Å². The standard InChI is InChI=1S/C21H24BrFN2O2/c1-27-20-4-2-16(3-5-20)14-25-8-6-15(7-9-25)13-24-21(26)17-10-18(22)12-19(23)11-17/h2-5,10-12,15H,6-9,13-14H2,1H3,(H,24,26). The summed E-state index contributed by atoms with van der Waals surface area (Å²) in [7, 11) is 1.67. The van der Waals surface area contributed by atoms with E-state index in [1.807, 2.05) is 12.1 Å². The Morgan fingerprint density at radius 3 is 2.56 bits per heavy atom. The van der Waals surface area contributed by atoms with E-state index in [9.17, 15) is 9.18 Å². The number of benzene rings is 2. The maximum Gasteiger partial charge on any atom is 0.251 e. The van der Waals surface area contributed by atoms with Gasteiger partial charge in [0.1, 0.15) is 11.6 Å². The lowest BCUT2D eigenvalue weighted by Crippen LogP contribution is -2.38. The van der Waals surface area contributed by atoms with Crippen molar-refractivity contribution in [3.8, 4) is 5.75 Å². The second-order valence-electron chi connectivity index (χ2n) is 6.94. The van der Waals surface area contributed by atoms with Gasteiger partial charge in [0, 0.05) is 23.1 Å². The Balaban J connectivity index is 1.43. The third kappa shape index (κ3) is 5.78. The molecule has 0 spiro atoms. The van der Waals surface area contributed by atoms with E-state index in [1.165, 1.54) is 17.7 Å². The van der Waals surface area contributed by atoms with Crippen molar-refractivity contribution < 1.29 is 13.9 Å². The van der Waals surface area contributed by atoms with Gasteiger partial charge in [0.25, 0.3) is 5.91 Å². The third-order valence-corrected chi connectivity index (χ3v) is 5.41. The Morgan fingerprint density at radius 2 is 1.93 bits per heavy atom. The normalized spacial score (nSPS) is 15.5. The van der Waals surface area contributed by atoms with Crippen LogP contribution in [0.3, 0.4) is 0 Å². The first-order valence-electron chi connectivity index (χ1n) is 9.13. The van der Waals surface area contributed by atoms with Gasteiger partial charge >= 0.3 is 0 Å². The Hall–Kier alpha value is -1.92. The lowest BCUT2D eigenvalue weighted by Gasteiger charge is -2.32. The molecule has 1 saturated heterocycles. The molecule has 0 atom stereocenters. The van der Waals surface area contributed by atoms with E-state index in [0.717, 1.165) is 38.2 Å². The summed E-state index contributed by atoms with van der Waals surface area (Å²) < 4.78 is 19.2. The molecule has 4 nitrogen and oxygen atoms in total. The molecule has 1 fully saturated rings. The molecule has 6 heteroatoms. The first-order valence-corrected chi connectivity index (χ1v) is 9.92. The van der Waals surface area contributed by atoms with Crippen LogP contribution in [0.2, 0.25) is 0 Å². The summed E-state index contributed by atoms with van der Waals surface area (Å²) in [6, 6.07) is 12.4. The van der Waals surface area contributed by atoms with E-state index in [2.05, 4.69) is 38.3 Å². The Morgan fingerprint density at radius 1 is 1.22 bits per heavy atom. The number of halogens is 2. The zero-order valence-electron chi connectivity index (χ0n) is 15.4. The zero-order chi connectivity index (χ0) is 19.2. The predicted octanol–water partition coefficient (Wildman–Crippen LogP) is 4.24. The van der Waals surface area contributed by atoms with E-state index in [-0.39, 0.29) is 5.91 Å². The SMILES string of the molecule is COc1ccc(CN2CCC(CNC(=O)c3cc(F)cc(Br)c3)CC2)cc1. The highest BCUT2D eigenvalue weighted by atomic mass is 79.9. The fourth-order valence-corrected chi connectivity index (χ4v) is 3.83.